The van der Waals surface area contributed by atoms with Crippen LogP contribution >= 0.6 is 0 Å². The van der Waals surface area contributed by atoms with Crippen LogP contribution in [0.2, 0.25) is 0 Å². The minimum absolute atomic E-state index is 0.0471. The molecular weight excluding hydrogens is 222 g/mol. The molecule has 3 rings (SSSR count). The maximum absolute atomic E-state index is 6.52. The van der Waals surface area contributed by atoms with Crippen molar-refractivity contribution < 1.29 is 0 Å². The number of benzene rings is 1. The third-order valence-electron chi connectivity index (χ3n) is 4.28. The first-order valence-electron chi connectivity index (χ1n) is 6.77. The van der Waals surface area contributed by atoms with Gasteiger partial charge in [0.2, 0.25) is 0 Å². The SMILES string of the molecule is CC1CCC(N)(Cc2nc3ccccc3n2C)C1. The van der Waals surface area contributed by atoms with E-state index in [1.807, 2.05) is 6.07 Å². The molecule has 0 aliphatic heterocycles. The molecule has 1 aromatic carbocycles. The van der Waals surface area contributed by atoms with Gasteiger partial charge in [0.15, 0.2) is 0 Å². The van der Waals surface area contributed by atoms with E-state index < -0.39 is 0 Å². The molecule has 2 atom stereocenters. The third-order valence-corrected chi connectivity index (χ3v) is 4.28. The van der Waals surface area contributed by atoms with Gasteiger partial charge in [0.05, 0.1) is 11.0 Å². The van der Waals surface area contributed by atoms with Gasteiger partial charge in [-0.15, -0.1) is 0 Å². The topological polar surface area (TPSA) is 43.8 Å². The van der Waals surface area contributed by atoms with Crippen LogP contribution in [0.5, 0.6) is 0 Å². The van der Waals surface area contributed by atoms with Crippen molar-refractivity contribution in [1.29, 1.82) is 0 Å². The van der Waals surface area contributed by atoms with Gasteiger partial charge in [0.25, 0.3) is 0 Å². The van der Waals surface area contributed by atoms with Crippen molar-refractivity contribution in [3.05, 3.63) is 30.1 Å². The molecule has 2 N–H and O–H groups in total. The molecule has 1 fully saturated rings. The summed E-state index contributed by atoms with van der Waals surface area (Å²) in [6.45, 7) is 2.30. The molecule has 1 aliphatic rings. The first kappa shape index (κ1) is 11.7. The second-order valence-electron chi connectivity index (χ2n) is 5.96. The summed E-state index contributed by atoms with van der Waals surface area (Å²) in [4.78, 5) is 4.73. The van der Waals surface area contributed by atoms with Crippen molar-refractivity contribution in [3.8, 4) is 0 Å². The molecule has 1 aromatic heterocycles. The van der Waals surface area contributed by atoms with E-state index in [1.54, 1.807) is 0 Å². The van der Waals surface area contributed by atoms with Crippen molar-refractivity contribution in [3.63, 3.8) is 0 Å². The highest BCUT2D eigenvalue weighted by atomic mass is 15.1. The molecule has 0 amide bonds. The highest BCUT2D eigenvalue weighted by Crippen LogP contribution is 2.34. The maximum atomic E-state index is 6.52. The molecule has 96 valence electrons. The number of rotatable bonds is 2. The molecule has 1 aliphatic carbocycles. The van der Waals surface area contributed by atoms with Crippen LogP contribution in [-0.4, -0.2) is 15.1 Å². The summed E-state index contributed by atoms with van der Waals surface area (Å²) in [7, 11) is 2.09. The Kier molecular flexibility index (Phi) is 2.67. The molecule has 0 radical (unpaired) electrons. The summed E-state index contributed by atoms with van der Waals surface area (Å²) in [5, 5.41) is 0. The van der Waals surface area contributed by atoms with E-state index in [0.29, 0.717) is 0 Å². The second kappa shape index (κ2) is 4.09. The fourth-order valence-electron chi connectivity index (χ4n) is 3.26. The third kappa shape index (κ3) is 1.93. The number of hydrogen-bond acceptors (Lipinski definition) is 2. The van der Waals surface area contributed by atoms with Gasteiger partial charge >= 0.3 is 0 Å². The Bertz CT molecular complexity index is 572. The molecule has 1 saturated carbocycles. The molecule has 3 nitrogen and oxygen atoms in total. The molecule has 3 heteroatoms. The molecule has 0 bridgehead atoms. The predicted octanol–water partition coefficient (Wildman–Crippen LogP) is 2.63. The van der Waals surface area contributed by atoms with Crippen molar-refractivity contribution in [2.24, 2.45) is 18.7 Å². The highest BCUT2D eigenvalue weighted by molar-refractivity contribution is 5.75. The Morgan fingerprint density at radius 3 is 2.89 bits per heavy atom. The Hall–Kier alpha value is -1.35. The summed E-state index contributed by atoms with van der Waals surface area (Å²) in [6.07, 6.45) is 4.39. The average Bonchev–Trinajstić information content (AvgIpc) is 2.82. The summed E-state index contributed by atoms with van der Waals surface area (Å²) in [6, 6.07) is 8.28. The molecular formula is C15H21N3. The van der Waals surface area contributed by atoms with Crippen LogP contribution in [0.15, 0.2) is 24.3 Å². The van der Waals surface area contributed by atoms with E-state index in [1.165, 1.54) is 11.9 Å². The second-order valence-corrected chi connectivity index (χ2v) is 5.96. The van der Waals surface area contributed by atoms with E-state index in [4.69, 9.17) is 10.7 Å². The van der Waals surface area contributed by atoms with Crippen LogP contribution < -0.4 is 5.73 Å². The maximum Gasteiger partial charge on any atom is 0.111 e. The molecule has 0 spiro atoms. The Morgan fingerprint density at radius 1 is 1.44 bits per heavy atom. The minimum Gasteiger partial charge on any atom is -0.331 e. The van der Waals surface area contributed by atoms with E-state index >= 15 is 0 Å². The minimum atomic E-state index is -0.0471. The van der Waals surface area contributed by atoms with Gasteiger partial charge in [0.1, 0.15) is 5.82 Å². The van der Waals surface area contributed by atoms with E-state index in [9.17, 15) is 0 Å². The molecule has 2 unspecified atom stereocenters. The zero-order valence-electron chi connectivity index (χ0n) is 11.2. The van der Waals surface area contributed by atoms with Crippen LogP contribution in [0, 0.1) is 5.92 Å². The lowest BCUT2D eigenvalue weighted by atomic mass is 9.93. The largest absolute Gasteiger partial charge is 0.331 e. The summed E-state index contributed by atoms with van der Waals surface area (Å²) < 4.78 is 2.19. The number of imidazole rings is 1. The Balaban J connectivity index is 1.93. The fourth-order valence-corrected chi connectivity index (χ4v) is 3.26. The number of hydrogen-bond donors (Lipinski definition) is 1. The normalized spacial score (nSPS) is 28.1. The van der Waals surface area contributed by atoms with Crippen molar-refractivity contribution in [1.82, 2.24) is 9.55 Å². The van der Waals surface area contributed by atoms with Crippen LogP contribution in [0.25, 0.3) is 11.0 Å². The number of fused-ring (bicyclic) bond motifs is 1. The summed E-state index contributed by atoms with van der Waals surface area (Å²) in [5.41, 5.74) is 8.74. The van der Waals surface area contributed by atoms with Crippen LogP contribution in [0.3, 0.4) is 0 Å². The Labute approximate surface area is 108 Å². The predicted molar refractivity (Wildman–Crippen MR) is 74.4 cm³/mol. The zero-order valence-corrected chi connectivity index (χ0v) is 11.2. The van der Waals surface area contributed by atoms with Crippen LogP contribution in [-0.2, 0) is 13.5 Å². The van der Waals surface area contributed by atoms with Gasteiger partial charge in [-0.1, -0.05) is 19.1 Å². The van der Waals surface area contributed by atoms with E-state index in [-0.39, 0.29) is 5.54 Å². The van der Waals surface area contributed by atoms with Gasteiger partial charge < -0.3 is 10.3 Å². The lowest BCUT2D eigenvalue weighted by molar-refractivity contribution is 0.407. The zero-order chi connectivity index (χ0) is 12.8. The van der Waals surface area contributed by atoms with E-state index in [0.717, 1.165) is 36.5 Å². The standard InChI is InChI=1S/C15H21N3/c1-11-7-8-15(16,9-11)10-14-17-12-5-3-4-6-13(12)18(14)2/h3-6,11H,7-10,16H2,1-2H3. The van der Waals surface area contributed by atoms with Crippen LogP contribution in [0.4, 0.5) is 0 Å². The van der Waals surface area contributed by atoms with Gasteiger partial charge in [-0.3, -0.25) is 0 Å². The Morgan fingerprint density at radius 2 is 2.22 bits per heavy atom. The number of aryl methyl sites for hydroxylation is 1. The highest BCUT2D eigenvalue weighted by Gasteiger charge is 2.34. The molecule has 2 aromatic rings. The van der Waals surface area contributed by atoms with Crippen molar-refractivity contribution >= 4 is 11.0 Å². The van der Waals surface area contributed by atoms with Gasteiger partial charge in [-0.05, 0) is 37.3 Å². The lowest BCUT2D eigenvalue weighted by Gasteiger charge is -2.23. The number of nitrogens with zero attached hydrogens (tertiary/aromatic N) is 2. The first-order chi connectivity index (χ1) is 8.57. The fraction of sp³-hybridized carbons (Fsp3) is 0.533. The van der Waals surface area contributed by atoms with Crippen LogP contribution in [0.1, 0.15) is 32.0 Å². The van der Waals surface area contributed by atoms with Gasteiger partial charge in [-0.25, -0.2) is 4.98 Å². The van der Waals surface area contributed by atoms with Crippen molar-refractivity contribution in [2.75, 3.05) is 0 Å². The quantitative estimate of drug-likeness (QED) is 0.881. The number of nitrogens with two attached hydrogens (primary N) is 1. The number of aromatic nitrogens is 2. The summed E-state index contributed by atoms with van der Waals surface area (Å²) in [5.74, 6) is 1.87. The monoisotopic (exact) mass is 243 g/mol. The molecule has 1 heterocycles. The first-order valence-corrected chi connectivity index (χ1v) is 6.77. The summed E-state index contributed by atoms with van der Waals surface area (Å²) >= 11 is 0. The molecule has 18 heavy (non-hydrogen) atoms. The molecule has 0 saturated heterocycles. The van der Waals surface area contributed by atoms with Gasteiger partial charge in [-0.2, -0.15) is 0 Å². The van der Waals surface area contributed by atoms with Gasteiger partial charge in [0, 0.05) is 19.0 Å². The smallest absolute Gasteiger partial charge is 0.111 e. The average molecular weight is 243 g/mol. The van der Waals surface area contributed by atoms with Crippen molar-refractivity contribution in [2.45, 2.75) is 38.1 Å². The van der Waals surface area contributed by atoms with E-state index in [2.05, 4.69) is 36.7 Å². The number of para-hydroxylation sites is 2. The lowest BCUT2D eigenvalue weighted by Crippen LogP contribution is -2.40.